The molecule has 9 heteroatoms. The number of aryl methyl sites for hydroxylation is 1. The number of hydrogen-bond acceptors (Lipinski definition) is 7. The van der Waals surface area contributed by atoms with Crippen LogP contribution in [0.15, 0.2) is 36.4 Å². The van der Waals surface area contributed by atoms with Crippen molar-refractivity contribution in [1.82, 2.24) is 14.8 Å². The predicted octanol–water partition coefficient (Wildman–Crippen LogP) is 4.29. The third-order valence-corrected chi connectivity index (χ3v) is 6.69. The van der Waals surface area contributed by atoms with Gasteiger partial charge in [0.25, 0.3) is 0 Å². The second-order valence-corrected chi connectivity index (χ2v) is 8.49. The maximum absolute atomic E-state index is 12.8. The summed E-state index contributed by atoms with van der Waals surface area (Å²) in [6.45, 7) is 1.94. The third kappa shape index (κ3) is 3.16. The van der Waals surface area contributed by atoms with Gasteiger partial charge in [-0.2, -0.15) is 9.78 Å². The Labute approximate surface area is 188 Å². The van der Waals surface area contributed by atoms with Crippen molar-refractivity contribution in [3.63, 3.8) is 0 Å². The molecule has 1 atom stereocenters. The first-order valence-corrected chi connectivity index (χ1v) is 10.9. The van der Waals surface area contributed by atoms with E-state index in [9.17, 15) is 4.79 Å². The van der Waals surface area contributed by atoms with Crippen LogP contribution in [0.4, 0.5) is 5.82 Å². The molecule has 1 N–H and O–H groups in total. The van der Waals surface area contributed by atoms with E-state index in [-0.39, 0.29) is 18.2 Å². The number of amides is 1. The smallest absolute Gasteiger partial charge is 0.226 e. The zero-order chi connectivity index (χ0) is 22.4. The number of rotatable bonds is 5. The van der Waals surface area contributed by atoms with Crippen LogP contribution in [0.1, 0.15) is 29.2 Å². The van der Waals surface area contributed by atoms with Crippen LogP contribution >= 0.6 is 11.3 Å². The minimum absolute atomic E-state index is 0.0957. The summed E-state index contributed by atoms with van der Waals surface area (Å²) in [4.78, 5) is 17.5. The van der Waals surface area contributed by atoms with Crippen molar-refractivity contribution in [2.24, 2.45) is 0 Å². The van der Waals surface area contributed by atoms with Gasteiger partial charge in [0.15, 0.2) is 11.5 Å². The minimum atomic E-state index is -0.253. The second kappa shape index (κ2) is 7.83. The molecule has 1 aliphatic rings. The van der Waals surface area contributed by atoms with E-state index in [2.05, 4.69) is 5.32 Å². The Kier molecular flexibility index (Phi) is 4.97. The summed E-state index contributed by atoms with van der Waals surface area (Å²) in [5.41, 5.74) is 3.50. The summed E-state index contributed by atoms with van der Waals surface area (Å²) in [6.07, 6.45) is 0.269. The van der Waals surface area contributed by atoms with E-state index in [1.54, 1.807) is 32.1 Å². The number of para-hydroxylation sites is 1. The molecule has 1 amide bonds. The quantitative estimate of drug-likeness (QED) is 0.488. The van der Waals surface area contributed by atoms with Crippen molar-refractivity contribution in [3.8, 4) is 22.4 Å². The SMILES string of the molecule is COc1cc(OC)c([C@@H]2CC(=O)Nc3c2c(C)nn3-c2nc3ccccc3s2)cc1OC. The average Bonchev–Trinajstić information content (AvgIpc) is 3.38. The molecule has 4 aromatic rings. The zero-order valence-electron chi connectivity index (χ0n) is 18.1. The molecule has 8 nitrogen and oxygen atoms in total. The van der Waals surface area contributed by atoms with E-state index >= 15 is 0 Å². The molecular weight excluding hydrogens is 428 g/mol. The number of aromatic nitrogens is 3. The van der Waals surface area contributed by atoms with Crippen molar-refractivity contribution in [3.05, 3.63) is 53.2 Å². The number of thiazole rings is 1. The van der Waals surface area contributed by atoms with Gasteiger partial charge in [-0.15, -0.1) is 0 Å². The Morgan fingerprint density at radius 1 is 1.06 bits per heavy atom. The van der Waals surface area contributed by atoms with Crippen molar-refractivity contribution in [2.45, 2.75) is 19.3 Å². The molecule has 5 rings (SSSR count). The molecule has 0 radical (unpaired) electrons. The van der Waals surface area contributed by atoms with Crippen LogP contribution in [0.3, 0.4) is 0 Å². The van der Waals surface area contributed by atoms with Gasteiger partial charge < -0.3 is 19.5 Å². The Morgan fingerprint density at radius 3 is 2.50 bits per heavy atom. The Bertz CT molecular complexity index is 1310. The summed E-state index contributed by atoms with van der Waals surface area (Å²) in [5.74, 6) is 2.06. The van der Waals surface area contributed by atoms with Crippen LogP contribution in [-0.2, 0) is 4.79 Å². The van der Waals surface area contributed by atoms with Gasteiger partial charge >= 0.3 is 0 Å². The first kappa shape index (κ1) is 20.3. The average molecular weight is 451 g/mol. The van der Waals surface area contributed by atoms with Gasteiger partial charge in [0.05, 0.1) is 37.2 Å². The van der Waals surface area contributed by atoms with E-state index in [1.165, 1.54) is 11.3 Å². The van der Waals surface area contributed by atoms with E-state index in [4.69, 9.17) is 24.3 Å². The number of methoxy groups -OCH3 is 3. The number of fused-ring (bicyclic) bond motifs is 2. The number of ether oxygens (including phenoxy) is 3. The molecule has 1 aliphatic heterocycles. The van der Waals surface area contributed by atoms with Gasteiger partial charge in [0.1, 0.15) is 11.6 Å². The van der Waals surface area contributed by atoms with Gasteiger partial charge in [-0.3, -0.25) is 4.79 Å². The Balaban J connectivity index is 1.69. The molecule has 0 spiro atoms. The third-order valence-electron chi connectivity index (χ3n) is 5.68. The normalized spacial score (nSPS) is 15.4. The van der Waals surface area contributed by atoms with Gasteiger partial charge in [-0.1, -0.05) is 23.5 Å². The second-order valence-electron chi connectivity index (χ2n) is 7.48. The van der Waals surface area contributed by atoms with Gasteiger partial charge in [0, 0.05) is 29.5 Å². The first-order valence-electron chi connectivity index (χ1n) is 10.1. The zero-order valence-corrected chi connectivity index (χ0v) is 18.9. The number of carbonyl (C=O) groups is 1. The van der Waals surface area contributed by atoms with Gasteiger partial charge in [-0.05, 0) is 25.1 Å². The van der Waals surface area contributed by atoms with Gasteiger partial charge in [0.2, 0.25) is 11.0 Å². The lowest BCUT2D eigenvalue weighted by Gasteiger charge is -2.26. The van der Waals surface area contributed by atoms with Crippen molar-refractivity contribution in [1.29, 1.82) is 0 Å². The lowest BCUT2D eigenvalue weighted by Crippen LogP contribution is -2.25. The number of benzene rings is 2. The monoisotopic (exact) mass is 450 g/mol. The van der Waals surface area contributed by atoms with E-state index in [0.29, 0.717) is 28.2 Å². The minimum Gasteiger partial charge on any atom is -0.496 e. The van der Waals surface area contributed by atoms with Crippen molar-refractivity contribution >= 4 is 33.3 Å². The number of nitrogens with zero attached hydrogens (tertiary/aromatic N) is 3. The fourth-order valence-electron chi connectivity index (χ4n) is 4.23. The topological polar surface area (TPSA) is 87.5 Å². The molecule has 0 saturated carbocycles. The number of hydrogen-bond donors (Lipinski definition) is 1. The van der Waals surface area contributed by atoms with Crippen LogP contribution < -0.4 is 19.5 Å². The largest absolute Gasteiger partial charge is 0.496 e. The summed E-state index contributed by atoms with van der Waals surface area (Å²) in [7, 11) is 4.77. The van der Waals surface area contributed by atoms with Crippen LogP contribution in [0, 0.1) is 6.92 Å². The summed E-state index contributed by atoms with van der Waals surface area (Å²) >= 11 is 1.53. The Morgan fingerprint density at radius 2 is 1.78 bits per heavy atom. The molecular formula is C23H22N4O4S. The fraction of sp³-hybridized carbons (Fsp3) is 0.261. The van der Waals surface area contributed by atoms with Crippen molar-refractivity contribution < 1.29 is 19.0 Å². The van der Waals surface area contributed by atoms with E-state index in [1.807, 2.05) is 37.3 Å². The van der Waals surface area contributed by atoms with Crippen LogP contribution in [0.25, 0.3) is 15.3 Å². The molecule has 3 heterocycles. The fourth-order valence-corrected chi connectivity index (χ4v) is 5.15. The molecule has 0 bridgehead atoms. The van der Waals surface area contributed by atoms with Crippen LogP contribution in [0.5, 0.6) is 17.2 Å². The van der Waals surface area contributed by atoms with Crippen LogP contribution in [0.2, 0.25) is 0 Å². The lowest BCUT2D eigenvalue weighted by atomic mass is 9.85. The first-order chi connectivity index (χ1) is 15.5. The summed E-state index contributed by atoms with van der Waals surface area (Å²) in [5, 5.41) is 8.47. The number of nitrogens with one attached hydrogen (secondary N) is 1. The number of carbonyl (C=O) groups excluding carboxylic acids is 1. The standard InChI is InChI=1S/C23H22N4O4S/c1-12-21-14(13-9-17(30-3)18(31-4)11-16(13)29-2)10-20(28)25-22(21)27(26-12)23-24-15-7-5-6-8-19(15)32-23/h5-9,11,14H,10H2,1-4H3,(H,25,28)/t14-/m0/s1. The highest BCUT2D eigenvalue weighted by Crippen LogP contribution is 2.46. The highest BCUT2D eigenvalue weighted by atomic mass is 32.1. The molecule has 0 unspecified atom stereocenters. The summed E-state index contributed by atoms with van der Waals surface area (Å²) < 4.78 is 19.4. The highest BCUT2D eigenvalue weighted by Gasteiger charge is 2.35. The number of anilines is 1. The molecule has 0 fully saturated rings. The molecule has 32 heavy (non-hydrogen) atoms. The predicted molar refractivity (Wildman–Crippen MR) is 123 cm³/mol. The van der Waals surface area contributed by atoms with E-state index in [0.717, 1.165) is 27.0 Å². The molecule has 0 aliphatic carbocycles. The van der Waals surface area contributed by atoms with Crippen molar-refractivity contribution in [2.75, 3.05) is 26.6 Å². The molecule has 2 aromatic heterocycles. The van der Waals surface area contributed by atoms with E-state index < -0.39 is 0 Å². The molecule has 0 saturated heterocycles. The maximum atomic E-state index is 12.8. The highest BCUT2D eigenvalue weighted by molar-refractivity contribution is 7.20. The molecule has 164 valence electrons. The maximum Gasteiger partial charge on any atom is 0.226 e. The lowest BCUT2D eigenvalue weighted by molar-refractivity contribution is -0.116. The molecule has 2 aromatic carbocycles. The Hall–Kier alpha value is -3.59. The van der Waals surface area contributed by atoms with Gasteiger partial charge in [-0.25, -0.2) is 4.98 Å². The summed E-state index contributed by atoms with van der Waals surface area (Å²) in [6, 6.07) is 11.6. The van der Waals surface area contributed by atoms with Crippen LogP contribution in [-0.4, -0.2) is 42.0 Å².